The van der Waals surface area contributed by atoms with Crippen LogP contribution < -0.4 is 0 Å². The average molecular weight is 174 g/mol. The fraction of sp³-hybridized carbons (Fsp3) is 0.875. The maximum atomic E-state index is 10.8. The lowest BCUT2D eigenvalue weighted by Crippen LogP contribution is -2.48. The van der Waals surface area contributed by atoms with Crippen molar-refractivity contribution in [1.29, 1.82) is 0 Å². The largest absolute Gasteiger partial charge is 0.479 e. The highest BCUT2D eigenvalue weighted by atomic mass is 16.6. The molecule has 1 fully saturated rings. The van der Waals surface area contributed by atoms with Crippen molar-refractivity contribution in [3.05, 3.63) is 0 Å². The van der Waals surface area contributed by atoms with E-state index in [1.54, 1.807) is 6.92 Å². The second-order valence-electron chi connectivity index (χ2n) is 3.12. The van der Waals surface area contributed by atoms with Gasteiger partial charge in [0.2, 0.25) is 0 Å². The number of aliphatic carboxylic acids is 1. The van der Waals surface area contributed by atoms with Gasteiger partial charge in [-0.05, 0) is 19.8 Å². The lowest BCUT2D eigenvalue weighted by molar-refractivity contribution is -0.175. The van der Waals surface area contributed by atoms with Crippen LogP contribution in [0.1, 0.15) is 19.8 Å². The summed E-state index contributed by atoms with van der Waals surface area (Å²) in [5.74, 6) is -0.961. The van der Waals surface area contributed by atoms with Crippen molar-refractivity contribution < 1.29 is 19.4 Å². The quantitative estimate of drug-likeness (QED) is 0.682. The number of methoxy groups -OCH3 is 1. The predicted octanol–water partition coefficient (Wildman–Crippen LogP) is 0.655. The molecule has 70 valence electrons. The van der Waals surface area contributed by atoms with Crippen molar-refractivity contribution in [3.63, 3.8) is 0 Å². The lowest BCUT2D eigenvalue weighted by Gasteiger charge is -2.28. The van der Waals surface area contributed by atoms with Crippen LogP contribution in [-0.2, 0) is 14.3 Å². The minimum absolute atomic E-state index is 0.306. The van der Waals surface area contributed by atoms with Crippen LogP contribution >= 0.6 is 0 Å². The first kappa shape index (κ1) is 9.48. The van der Waals surface area contributed by atoms with Crippen LogP contribution in [0.2, 0.25) is 0 Å². The van der Waals surface area contributed by atoms with Crippen LogP contribution in [0.25, 0.3) is 0 Å². The van der Waals surface area contributed by atoms with E-state index in [1.165, 1.54) is 7.11 Å². The van der Waals surface area contributed by atoms with E-state index in [4.69, 9.17) is 14.6 Å². The van der Waals surface area contributed by atoms with Gasteiger partial charge in [-0.25, -0.2) is 4.79 Å². The molecule has 12 heavy (non-hydrogen) atoms. The predicted molar refractivity (Wildman–Crippen MR) is 42.0 cm³/mol. The Morgan fingerprint density at radius 1 is 1.75 bits per heavy atom. The van der Waals surface area contributed by atoms with E-state index in [-0.39, 0.29) is 6.10 Å². The summed E-state index contributed by atoms with van der Waals surface area (Å²) in [5.41, 5.74) is -1.18. The summed E-state index contributed by atoms with van der Waals surface area (Å²) in [6, 6.07) is 0. The zero-order valence-corrected chi connectivity index (χ0v) is 7.37. The van der Waals surface area contributed by atoms with E-state index in [9.17, 15) is 4.79 Å². The first-order valence-corrected chi connectivity index (χ1v) is 4.01. The molecule has 0 aromatic rings. The van der Waals surface area contributed by atoms with E-state index >= 15 is 0 Å². The molecule has 4 nitrogen and oxygen atoms in total. The van der Waals surface area contributed by atoms with Crippen molar-refractivity contribution in [1.82, 2.24) is 0 Å². The SMILES string of the molecule is COC(C)(C(=O)O)C1CCCO1. The smallest absolute Gasteiger partial charge is 0.338 e. The molecule has 0 saturated carbocycles. The van der Waals surface area contributed by atoms with Crippen molar-refractivity contribution in [2.45, 2.75) is 31.5 Å². The van der Waals surface area contributed by atoms with Gasteiger partial charge in [-0.1, -0.05) is 0 Å². The maximum absolute atomic E-state index is 10.8. The third-order valence-electron chi connectivity index (χ3n) is 2.39. The molecule has 1 aliphatic heterocycles. The Bertz CT molecular complexity index is 174. The monoisotopic (exact) mass is 174 g/mol. The number of hydrogen-bond acceptors (Lipinski definition) is 3. The van der Waals surface area contributed by atoms with Crippen LogP contribution in [0.15, 0.2) is 0 Å². The maximum Gasteiger partial charge on any atom is 0.338 e. The molecule has 0 aliphatic carbocycles. The van der Waals surface area contributed by atoms with Crippen LogP contribution in [0.3, 0.4) is 0 Å². The summed E-state index contributed by atoms with van der Waals surface area (Å²) in [4.78, 5) is 10.8. The average Bonchev–Trinajstić information content (AvgIpc) is 2.54. The van der Waals surface area contributed by atoms with E-state index in [0.29, 0.717) is 6.61 Å². The minimum Gasteiger partial charge on any atom is -0.479 e. The first-order chi connectivity index (χ1) is 5.61. The van der Waals surface area contributed by atoms with Crippen molar-refractivity contribution in [2.75, 3.05) is 13.7 Å². The molecule has 0 aromatic heterocycles. The molecule has 1 aliphatic rings. The third-order valence-corrected chi connectivity index (χ3v) is 2.39. The fourth-order valence-electron chi connectivity index (χ4n) is 1.37. The molecule has 0 spiro atoms. The highest BCUT2D eigenvalue weighted by Gasteiger charge is 2.44. The second kappa shape index (κ2) is 3.41. The number of carboxylic acids is 1. The number of hydrogen-bond donors (Lipinski definition) is 1. The van der Waals surface area contributed by atoms with Crippen LogP contribution in [0, 0.1) is 0 Å². The van der Waals surface area contributed by atoms with Gasteiger partial charge in [-0.3, -0.25) is 0 Å². The van der Waals surface area contributed by atoms with Gasteiger partial charge in [0, 0.05) is 13.7 Å². The fourth-order valence-corrected chi connectivity index (χ4v) is 1.37. The summed E-state index contributed by atoms with van der Waals surface area (Å²) in [6.45, 7) is 2.18. The second-order valence-corrected chi connectivity index (χ2v) is 3.12. The molecule has 1 heterocycles. The van der Waals surface area contributed by atoms with Crippen LogP contribution in [0.4, 0.5) is 0 Å². The molecule has 1 saturated heterocycles. The van der Waals surface area contributed by atoms with Crippen molar-refractivity contribution in [2.24, 2.45) is 0 Å². The van der Waals surface area contributed by atoms with Gasteiger partial charge in [-0.2, -0.15) is 0 Å². The number of rotatable bonds is 3. The van der Waals surface area contributed by atoms with Gasteiger partial charge in [-0.15, -0.1) is 0 Å². The first-order valence-electron chi connectivity index (χ1n) is 4.01. The Morgan fingerprint density at radius 2 is 2.42 bits per heavy atom. The number of carboxylic acid groups (broad SMARTS) is 1. The van der Waals surface area contributed by atoms with Gasteiger partial charge in [0.1, 0.15) is 0 Å². The van der Waals surface area contributed by atoms with E-state index < -0.39 is 11.6 Å². The Hall–Kier alpha value is -0.610. The van der Waals surface area contributed by atoms with Gasteiger partial charge in [0.05, 0.1) is 6.10 Å². The molecule has 4 heteroatoms. The Morgan fingerprint density at radius 3 is 2.75 bits per heavy atom. The molecular weight excluding hydrogens is 160 g/mol. The van der Waals surface area contributed by atoms with Gasteiger partial charge in [0.15, 0.2) is 5.60 Å². The standard InChI is InChI=1S/C8H14O4/c1-8(11-2,7(9)10)6-4-3-5-12-6/h6H,3-5H2,1-2H3,(H,9,10). The van der Waals surface area contributed by atoms with Gasteiger partial charge in [0.25, 0.3) is 0 Å². The van der Waals surface area contributed by atoms with E-state index in [2.05, 4.69) is 0 Å². The molecule has 2 unspecified atom stereocenters. The van der Waals surface area contributed by atoms with Gasteiger partial charge >= 0.3 is 5.97 Å². The molecule has 0 bridgehead atoms. The molecule has 0 amide bonds. The topological polar surface area (TPSA) is 55.8 Å². The highest BCUT2D eigenvalue weighted by molar-refractivity contribution is 5.77. The normalized spacial score (nSPS) is 28.3. The Labute approximate surface area is 71.5 Å². The summed E-state index contributed by atoms with van der Waals surface area (Å²) in [7, 11) is 1.40. The lowest BCUT2D eigenvalue weighted by atomic mass is 9.97. The highest BCUT2D eigenvalue weighted by Crippen LogP contribution is 2.26. The Balaban J connectivity index is 2.70. The Kier molecular flexibility index (Phi) is 2.69. The summed E-state index contributed by atoms with van der Waals surface area (Å²) >= 11 is 0. The van der Waals surface area contributed by atoms with Crippen molar-refractivity contribution >= 4 is 5.97 Å². The molecule has 0 radical (unpaired) electrons. The molecule has 0 aromatic carbocycles. The molecule has 1 N–H and O–H groups in total. The molecule has 2 atom stereocenters. The zero-order chi connectivity index (χ0) is 9.19. The van der Waals surface area contributed by atoms with Crippen LogP contribution in [0.5, 0.6) is 0 Å². The third kappa shape index (κ3) is 1.44. The zero-order valence-electron chi connectivity index (χ0n) is 7.37. The summed E-state index contributed by atoms with van der Waals surface area (Å²) < 4.78 is 10.2. The molecular formula is C8H14O4. The van der Waals surface area contributed by atoms with E-state index in [1.807, 2.05) is 0 Å². The number of ether oxygens (including phenoxy) is 2. The van der Waals surface area contributed by atoms with Crippen LogP contribution in [-0.4, -0.2) is 36.5 Å². The summed E-state index contributed by atoms with van der Waals surface area (Å²) in [6.07, 6.45) is 1.37. The van der Waals surface area contributed by atoms with Gasteiger partial charge < -0.3 is 14.6 Å². The minimum atomic E-state index is -1.18. The summed E-state index contributed by atoms with van der Waals surface area (Å²) in [5, 5.41) is 8.89. The number of carbonyl (C=O) groups is 1. The molecule has 1 rings (SSSR count). The van der Waals surface area contributed by atoms with Crippen molar-refractivity contribution in [3.8, 4) is 0 Å². The van der Waals surface area contributed by atoms with E-state index in [0.717, 1.165) is 12.8 Å².